The van der Waals surface area contributed by atoms with E-state index in [4.69, 9.17) is 19.2 Å². The zero-order valence-corrected chi connectivity index (χ0v) is 19.7. The van der Waals surface area contributed by atoms with Gasteiger partial charge < -0.3 is 29.7 Å². The number of methoxy groups -OCH3 is 3. The summed E-state index contributed by atoms with van der Waals surface area (Å²) in [6, 6.07) is 14.6. The fourth-order valence-corrected chi connectivity index (χ4v) is 3.86. The Morgan fingerprint density at radius 1 is 0.938 bits per heavy atom. The van der Waals surface area contributed by atoms with Crippen LogP contribution in [0.5, 0.6) is 17.2 Å². The first-order valence-electron chi connectivity index (χ1n) is 11.3. The van der Waals surface area contributed by atoms with E-state index in [2.05, 4.69) is 46.7 Å². The molecular weight excluding hydrogens is 404 g/mol. The number of ether oxygens (including phenoxy) is 3. The van der Waals surface area contributed by atoms with Gasteiger partial charge in [-0.2, -0.15) is 0 Å². The van der Waals surface area contributed by atoms with Crippen molar-refractivity contribution in [2.24, 2.45) is 4.99 Å². The third kappa shape index (κ3) is 6.70. The topological polar surface area (TPSA) is 67.4 Å². The lowest BCUT2D eigenvalue weighted by molar-refractivity contribution is 0.393. The van der Waals surface area contributed by atoms with Crippen LogP contribution in [0.2, 0.25) is 0 Å². The molecule has 0 radical (unpaired) electrons. The number of anilines is 1. The molecule has 1 aliphatic rings. The van der Waals surface area contributed by atoms with Crippen molar-refractivity contribution in [3.05, 3.63) is 48.0 Å². The number of hydrogen-bond donors (Lipinski definition) is 2. The van der Waals surface area contributed by atoms with Gasteiger partial charge in [-0.05, 0) is 43.9 Å². The molecule has 0 aromatic heterocycles. The van der Waals surface area contributed by atoms with Crippen molar-refractivity contribution >= 4 is 11.6 Å². The summed E-state index contributed by atoms with van der Waals surface area (Å²) in [7, 11) is 5.06. The van der Waals surface area contributed by atoms with E-state index in [-0.39, 0.29) is 0 Å². The Labute approximate surface area is 191 Å². The molecule has 1 aliphatic heterocycles. The van der Waals surface area contributed by atoms with E-state index in [1.165, 1.54) is 5.56 Å². The van der Waals surface area contributed by atoms with Gasteiger partial charge in [-0.15, -0.1) is 0 Å². The van der Waals surface area contributed by atoms with Crippen LogP contribution in [0.1, 0.15) is 25.3 Å². The molecule has 7 nitrogen and oxygen atoms in total. The van der Waals surface area contributed by atoms with Crippen molar-refractivity contribution in [3.8, 4) is 17.2 Å². The number of piperidine rings is 1. The second-order valence-electron chi connectivity index (χ2n) is 7.84. The third-order valence-corrected chi connectivity index (χ3v) is 5.71. The number of nitrogens with one attached hydrogen (secondary N) is 2. The van der Waals surface area contributed by atoms with Crippen LogP contribution in [0.3, 0.4) is 0 Å². The quantitative estimate of drug-likeness (QED) is 0.460. The number of benzene rings is 2. The number of aliphatic imine (C=N–C) groups is 1. The summed E-state index contributed by atoms with van der Waals surface area (Å²) in [5.41, 5.74) is 2.40. The minimum atomic E-state index is 0.400. The van der Waals surface area contributed by atoms with Crippen LogP contribution in [0.25, 0.3) is 0 Å². The van der Waals surface area contributed by atoms with Gasteiger partial charge in [-0.25, -0.2) is 0 Å². The lowest BCUT2D eigenvalue weighted by atomic mass is 10.0. The summed E-state index contributed by atoms with van der Waals surface area (Å²) in [6.07, 6.45) is 2.99. The summed E-state index contributed by atoms with van der Waals surface area (Å²) in [4.78, 5) is 7.17. The molecule has 0 aliphatic carbocycles. The van der Waals surface area contributed by atoms with Gasteiger partial charge in [0, 0.05) is 56.1 Å². The first kappa shape index (κ1) is 23.6. The van der Waals surface area contributed by atoms with E-state index in [1.54, 1.807) is 21.3 Å². The molecule has 32 heavy (non-hydrogen) atoms. The van der Waals surface area contributed by atoms with Crippen LogP contribution in [0, 0.1) is 0 Å². The molecule has 174 valence electrons. The molecule has 2 aromatic carbocycles. The number of guanidine groups is 1. The van der Waals surface area contributed by atoms with Crippen molar-refractivity contribution in [2.45, 2.75) is 32.2 Å². The lowest BCUT2D eigenvalue weighted by Gasteiger charge is -2.34. The maximum atomic E-state index is 5.42. The van der Waals surface area contributed by atoms with Crippen LogP contribution in [-0.2, 0) is 6.42 Å². The van der Waals surface area contributed by atoms with E-state index >= 15 is 0 Å². The van der Waals surface area contributed by atoms with Crippen LogP contribution in [0.4, 0.5) is 5.69 Å². The van der Waals surface area contributed by atoms with Crippen LogP contribution < -0.4 is 29.7 Å². The van der Waals surface area contributed by atoms with Gasteiger partial charge in [0.1, 0.15) is 17.2 Å². The summed E-state index contributed by atoms with van der Waals surface area (Å²) in [5, 5.41) is 7.00. The predicted molar refractivity (Wildman–Crippen MR) is 131 cm³/mol. The Morgan fingerprint density at radius 3 is 2.12 bits per heavy atom. The average molecular weight is 441 g/mol. The first-order valence-corrected chi connectivity index (χ1v) is 11.3. The molecule has 1 saturated heterocycles. The Kier molecular flexibility index (Phi) is 8.90. The maximum absolute atomic E-state index is 5.42. The lowest BCUT2D eigenvalue weighted by Crippen LogP contribution is -2.48. The van der Waals surface area contributed by atoms with Gasteiger partial charge in [0.05, 0.1) is 21.3 Å². The summed E-state index contributed by atoms with van der Waals surface area (Å²) < 4.78 is 16.1. The SMILES string of the molecule is CCNC(=NCCc1ccc(OC)cc1)NC1CCN(c2cc(OC)cc(OC)c2)CC1. The average Bonchev–Trinajstić information content (AvgIpc) is 2.84. The fourth-order valence-electron chi connectivity index (χ4n) is 3.86. The van der Waals surface area contributed by atoms with E-state index in [0.29, 0.717) is 6.04 Å². The predicted octanol–water partition coefficient (Wildman–Crippen LogP) is 3.48. The Morgan fingerprint density at radius 2 is 1.56 bits per heavy atom. The van der Waals surface area contributed by atoms with Crippen molar-refractivity contribution in [2.75, 3.05) is 52.4 Å². The highest BCUT2D eigenvalue weighted by Gasteiger charge is 2.21. The van der Waals surface area contributed by atoms with Gasteiger partial charge in [0.2, 0.25) is 0 Å². The molecule has 0 unspecified atom stereocenters. The van der Waals surface area contributed by atoms with Crippen molar-refractivity contribution in [1.29, 1.82) is 0 Å². The smallest absolute Gasteiger partial charge is 0.191 e. The number of hydrogen-bond acceptors (Lipinski definition) is 5. The maximum Gasteiger partial charge on any atom is 0.191 e. The second-order valence-corrected chi connectivity index (χ2v) is 7.84. The normalized spacial score (nSPS) is 14.8. The minimum absolute atomic E-state index is 0.400. The summed E-state index contributed by atoms with van der Waals surface area (Å²) in [5.74, 6) is 3.41. The highest BCUT2D eigenvalue weighted by atomic mass is 16.5. The molecule has 1 heterocycles. The van der Waals surface area contributed by atoms with E-state index in [0.717, 1.165) is 74.3 Å². The molecule has 0 amide bonds. The first-order chi connectivity index (χ1) is 15.6. The fraction of sp³-hybridized carbons (Fsp3) is 0.480. The van der Waals surface area contributed by atoms with E-state index < -0.39 is 0 Å². The number of rotatable bonds is 9. The van der Waals surface area contributed by atoms with E-state index in [9.17, 15) is 0 Å². The minimum Gasteiger partial charge on any atom is -0.497 e. The molecule has 7 heteroatoms. The molecule has 2 aromatic rings. The highest BCUT2D eigenvalue weighted by molar-refractivity contribution is 5.80. The van der Waals surface area contributed by atoms with Gasteiger partial charge in [0.25, 0.3) is 0 Å². The Hall–Kier alpha value is -3.09. The molecule has 1 fully saturated rings. The Balaban J connectivity index is 1.52. The molecule has 3 rings (SSSR count). The van der Waals surface area contributed by atoms with Crippen LogP contribution in [-0.4, -0.2) is 59.5 Å². The molecule has 2 N–H and O–H groups in total. The zero-order chi connectivity index (χ0) is 22.8. The van der Waals surface area contributed by atoms with E-state index in [1.807, 2.05) is 18.2 Å². The highest BCUT2D eigenvalue weighted by Crippen LogP contribution is 2.30. The van der Waals surface area contributed by atoms with Crippen LogP contribution in [0.15, 0.2) is 47.5 Å². The zero-order valence-electron chi connectivity index (χ0n) is 19.7. The standard InChI is InChI=1S/C25H36N4O3/c1-5-26-25(27-13-10-19-6-8-22(30-2)9-7-19)28-20-11-14-29(15-12-20)21-16-23(31-3)18-24(17-21)32-4/h6-9,16-18,20H,5,10-15H2,1-4H3,(H2,26,27,28). The van der Waals surface area contributed by atoms with Gasteiger partial charge in [-0.1, -0.05) is 12.1 Å². The molecule has 0 atom stereocenters. The summed E-state index contributed by atoms with van der Waals surface area (Å²) in [6.45, 7) is 5.62. The largest absolute Gasteiger partial charge is 0.497 e. The van der Waals surface area contributed by atoms with Gasteiger partial charge in [0.15, 0.2) is 5.96 Å². The van der Waals surface area contributed by atoms with Crippen LogP contribution >= 0.6 is 0 Å². The summed E-state index contributed by atoms with van der Waals surface area (Å²) >= 11 is 0. The molecular formula is C25H36N4O3. The van der Waals surface area contributed by atoms with Crippen molar-refractivity contribution < 1.29 is 14.2 Å². The monoisotopic (exact) mass is 440 g/mol. The van der Waals surface area contributed by atoms with Gasteiger partial charge in [-0.3, -0.25) is 4.99 Å². The molecule has 0 bridgehead atoms. The van der Waals surface area contributed by atoms with Crippen molar-refractivity contribution in [3.63, 3.8) is 0 Å². The second kappa shape index (κ2) is 12.1. The third-order valence-electron chi connectivity index (χ3n) is 5.71. The molecule has 0 saturated carbocycles. The number of nitrogens with zero attached hydrogens (tertiary/aromatic N) is 2. The van der Waals surface area contributed by atoms with Crippen molar-refractivity contribution in [1.82, 2.24) is 10.6 Å². The van der Waals surface area contributed by atoms with Gasteiger partial charge >= 0.3 is 0 Å². The molecule has 0 spiro atoms. The Bertz CT molecular complexity index is 840.